The van der Waals surface area contributed by atoms with Crippen molar-refractivity contribution >= 4 is 23.4 Å². The second-order valence-corrected chi connectivity index (χ2v) is 6.03. The fraction of sp³-hybridized carbons (Fsp3) is 0.286. The average Bonchev–Trinajstić information content (AvgIpc) is 2.90. The van der Waals surface area contributed by atoms with E-state index in [-0.39, 0.29) is 18.3 Å². The van der Waals surface area contributed by atoms with E-state index in [1.807, 2.05) is 7.05 Å². The fourth-order valence-electron chi connectivity index (χ4n) is 1.68. The first-order chi connectivity index (χ1) is 10.5. The summed E-state index contributed by atoms with van der Waals surface area (Å²) in [7, 11) is 1.82. The number of carbonyl (C=O) groups is 1. The number of thioether (sulfide) groups is 1. The van der Waals surface area contributed by atoms with E-state index in [2.05, 4.69) is 4.98 Å². The number of carbonyl (C=O) groups excluding carboxylic acids is 1. The first kappa shape index (κ1) is 16.0. The van der Waals surface area contributed by atoms with Crippen molar-refractivity contribution in [2.75, 3.05) is 0 Å². The van der Waals surface area contributed by atoms with Crippen LogP contribution in [0.1, 0.15) is 12.6 Å². The van der Waals surface area contributed by atoms with Gasteiger partial charge in [-0.1, -0.05) is 0 Å². The molecule has 2 rings (SSSR count). The first-order valence-corrected chi connectivity index (χ1v) is 7.38. The van der Waals surface area contributed by atoms with Crippen LogP contribution in [0.25, 0.3) is 0 Å². The van der Waals surface area contributed by atoms with E-state index >= 15 is 0 Å². The van der Waals surface area contributed by atoms with Crippen molar-refractivity contribution in [2.45, 2.75) is 23.7 Å². The minimum Gasteiger partial charge on any atom is -0.458 e. The number of non-ortho nitro benzene ring substituents is 1. The number of imidazole rings is 1. The average molecular weight is 321 g/mol. The molecule has 0 saturated heterocycles. The van der Waals surface area contributed by atoms with Gasteiger partial charge >= 0.3 is 5.97 Å². The number of hydrogen-bond donors (Lipinski definition) is 0. The highest BCUT2D eigenvalue weighted by Gasteiger charge is 2.17. The minimum atomic E-state index is -0.458. The van der Waals surface area contributed by atoms with Crippen molar-refractivity contribution in [3.05, 3.63) is 52.6 Å². The monoisotopic (exact) mass is 321 g/mol. The lowest BCUT2D eigenvalue weighted by Gasteiger charge is -2.11. The van der Waals surface area contributed by atoms with Crippen LogP contribution < -0.4 is 0 Å². The van der Waals surface area contributed by atoms with Crippen LogP contribution >= 0.6 is 11.8 Å². The SMILES string of the molecule is C[C@@H](Sc1ccc([N+](=O)[O-])cc1)C(=O)OCc1cncn1C. The van der Waals surface area contributed by atoms with Gasteiger partial charge in [0, 0.05) is 24.1 Å². The number of aryl methyl sites for hydroxylation is 1. The number of benzene rings is 1. The highest BCUT2D eigenvalue weighted by Crippen LogP contribution is 2.26. The molecule has 1 aromatic carbocycles. The second kappa shape index (κ2) is 7.08. The van der Waals surface area contributed by atoms with E-state index < -0.39 is 10.2 Å². The molecule has 0 saturated carbocycles. The molecule has 2 aromatic rings. The third-order valence-corrected chi connectivity index (χ3v) is 4.06. The minimum absolute atomic E-state index is 0.0239. The van der Waals surface area contributed by atoms with Crippen LogP contribution in [-0.4, -0.2) is 25.7 Å². The molecule has 0 aliphatic heterocycles. The Kier molecular flexibility index (Phi) is 5.16. The number of esters is 1. The molecule has 0 aliphatic carbocycles. The van der Waals surface area contributed by atoms with Gasteiger partial charge in [0.05, 0.1) is 23.1 Å². The molecule has 0 spiro atoms. The van der Waals surface area contributed by atoms with E-state index in [0.717, 1.165) is 10.6 Å². The molecule has 0 radical (unpaired) electrons. The number of hydrogen-bond acceptors (Lipinski definition) is 6. The van der Waals surface area contributed by atoms with Crippen molar-refractivity contribution in [2.24, 2.45) is 7.05 Å². The van der Waals surface area contributed by atoms with Gasteiger partial charge in [0.25, 0.3) is 5.69 Å². The normalized spacial score (nSPS) is 11.9. The van der Waals surface area contributed by atoms with Gasteiger partial charge in [-0.3, -0.25) is 14.9 Å². The van der Waals surface area contributed by atoms with Gasteiger partial charge in [-0.25, -0.2) is 4.98 Å². The molecule has 22 heavy (non-hydrogen) atoms. The summed E-state index contributed by atoms with van der Waals surface area (Å²) in [6.45, 7) is 1.90. The molecule has 0 bridgehead atoms. The standard InChI is InChI=1S/C14H15N3O4S/c1-10(14(18)21-8-12-7-15-9-16(12)2)22-13-5-3-11(4-6-13)17(19)20/h3-7,9-10H,8H2,1-2H3/t10-/m1/s1. The molecular weight excluding hydrogens is 306 g/mol. The predicted molar refractivity (Wildman–Crippen MR) is 81.4 cm³/mol. The van der Waals surface area contributed by atoms with E-state index in [4.69, 9.17) is 4.74 Å². The Morgan fingerprint density at radius 2 is 2.14 bits per heavy atom. The Hall–Kier alpha value is -2.35. The van der Waals surface area contributed by atoms with Crippen molar-refractivity contribution in [3.8, 4) is 0 Å². The van der Waals surface area contributed by atoms with Crippen LogP contribution in [0.15, 0.2) is 41.7 Å². The number of nitrogens with zero attached hydrogens (tertiary/aromatic N) is 3. The third-order valence-electron chi connectivity index (χ3n) is 2.97. The van der Waals surface area contributed by atoms with Gasteiger partial charge in [-0.05, 0) is 19.1 Å². The lowest BCUT2D eigenvalue weighted by Crippen LogP contribution is -2.17. The zero-order valence-corrected chi connectivity index (χ0v) is 12.9. The maximum atomic E-state index is 11.9. The van der Waals surface area contributed by atoms with E-state index in [1.54, 1.807) is 36.1 Å². The van der Waals surface area contributed by atoms with E-state index in [1.165, 1.54) is 23.9 Å². The maximum absolute atomic E-state index is 11.9. The quantitative estimate of drug-likeness (QED) is 0.352. The van der Waals surface area contributed by atoms with Crippen LogP contribution in [0.2, 0.25) is 0 Å². The zero-order chi connectivity index (χ0) is 16.1. The summed E-state index contributed by atoms with van der Waals surface area (Å²) in [5, 5.41) is 10.2. The molecule has 1 atom stereocenters. The van der Waals surface area contributed by atoms with Crippen LogP contribution in [-0.2, 0) is 23.2 Å². The molecule has 0 aliphatic rings. The van der Waals surface area contributed by atoms with Crippen molar-refractivity contribution in [1.82, 2.24) is 9.55 Å². The van der Waals surface area contributed by atoms with Crippen molar-refractivity contribution in [1.29, 1.82) is 0 Å². The van der Waals surface area contributed by atoms with Gasteiger partial charge in [0.1, 0.15) is 11.9 Å². The molecule has 7 nitrogen and oxygen atoms in total. The Balaban J connectivity index is 1.88. The molecule has 116 valence electrons. The highest BCUT2D eigenvalue weighted by molar-refractivity contribution is 8.00. The van der Waals surface area contributed by atoms with Crippen molar-refractivity contribution < 1.29 is 14.5 Å². The fourth-order valence-corrected chi connectivity index (χ4v) is 2.55. The largest absolute Gasteiger partial charge is 0.458 e. The summed E-state index contributed by atoms with van der Waals surface area (Å²) >= 11 is 1.29. The second-order valence-electron chi connectivity index (χ2n) is 4.61. The Labute approximate surface area is 131 Å². The molecule has 0 unspecified atom stereocenters. The lowest BCUT2D eigenvalue weighted by molar-refractivity contribution is -0.384. The highest BCUT2D eigenvalue weighted by atomic mass is 32.2. The van der Waals surface area contributed by atoms with Gasteiger partial charge < -0.3 is 9.30 Å². The van der Waals surface area contributed by atoms with E-state index in [0.29, 0.717) is 0 Å². The summed E-state index contributed by atoms with van der Waals surface area (Å²) in [6, 6.07) is 6.06. The Bertz CT molecular complexity index is 669. The zero-order valence-electron chi connectivity index (χ0n) is 12.1. The molecular formula is C14H15N3O4S. The summed E-state index contributed by atoms with van der Waals surface area (Å²) in [5.41, 5.74) is 0.830. The molecule has 1 aromatic heterocycles. The molecule has 0 N–H and O–H groups in total. The van der Waals surface area contributed by atoms with Crippen LogP contribution in [0.3, 0.4) is 0 Å². The summed E-state index contributed by atoms with van der Waals surface area (Å²) < 4.78 is 7.01. The van der Waals surface area contributed by atoms with Gasteiger partial charge in [0.15, 0.2) is 0 Å². The van der Waals surface area contributed by atoms with Crippen LogP contribution in [0.4, 0.5) is 5.69 Å². The first-order valence-electron chi connectivity index (χ1n) is 6.50. The summed E-state index contributed by atoms with van der Waals surface area (Å²) in [5.74, 6) is -0.343. The molecule has 1 heterocycles. The smallest absolute Gasteiger partial charge is 0.319 e. The van der Waals surface area contributed by atoms with Gasteiger partial charge in [-0.15, -0.1) is 11.8 Å². The Morgan fingerprint density at radius 1 is 1.45 bits per heavy atom. The van der Waals surface area contributed by atoms with Gasteiger partial charge in [0.2, 0.25) is 0 Å². The van der Waals surface area contributed by atoms with Crippen LogP contribution in [0.5, 0.6) is 0 Å². The number of ether oxygens (including phenoxy) is 1. The number of rotatable bonds is 6. The molecule has 0 fully saturated rings. The predicted octanol–water partition coefficient (Wildman–Crippen LogP) is 2.55. The number of nitro benzene ring substituents is 1. The van der Waals surface area contributed by atoms with Crippen molar-refractivity contribution in [3.63, 3.8) is 0 Å². The molecule has 8 heteroatoms. The molecule has 0 amide bonds. The summed E-state index contributed by atoms with van der Waals surface area (Å²) in [6.07, 6.45) is 3.28. The topological polar surface area (TPSA) is 87.3 Å². The number of nitro groups is 1. The lowest BCUT2D eigenvalue weighted by atomic mass is 10.3. The van der Waals surface area contributed by atoms with Gasteiger partial charge in [-0.2, -0.15) is 0 Å². The van der Waals surface area contributed by atoms with Crippen LogP contribution in [0, 0.1) is 10.1 Å². The maximum Gasteiger partial charge on any atom is 0.319 e. The number of aromatic nitrogens is 2. The third kappa shape index (κ3) is 4.08. The Morgan fingerprint density at radius 3 is 2.68 bits per heavy atom. The van der Waals surface area contributed by atoms with E-state index in [9.17, 15) is 14.9 Å². The summed E-state index contributed by atoms with van der Waals surface area (Å²) in [4.78, 5) is 26.8.